The fraction of sp³-hybridized carbons (Fsp3) is 0.571. The van der Waals surface area contributed by atoms with E-state index in [0.29, 0.717) is 6.54 Å². The molecule has 1 aliphatic heterocycles. The lowest BCUT2D eigenvalue weighted by atomic mass is 10.1. The van der Waals surface area contributed by atoms with Crippen LogP contribution in [0.5, 0.6) is 0 Å². The summed E-state index contributed by atoms with van der Waals surface area (Å²) >= 11 is 0. The number of nitrogens with zero attached hydrogens (tertiary/aromatic N) is 1. The number of aliphatic hydroxyl groups is 1. The molecule has 7 heteroatoms. The van der Waals surface area contributed by atoms with Crippen molar-refractivity contribution >= 4 is 9.84 Å². The van der Waals surface area contributed by atoms with E-state index >= 15 is 0 Å². The molecule has 0 spiro atoms. The first-order valence-corrected chi connectivity index (χ1v) is 8.35. The van der Waals surface area contributed by atoms with E-state index in [0.717, 1.165) is 12.1 Å². The molecule has 0 saturated carbocycles. The minimum atomic E-state index is -3.16. The maximum Gasteiger partial charge on any atom is 0.157 e. The number of benzene rings is 1. The fourth-order valence-corrected chi connectivity index (χ4v) is 3.94. The second kappa shape index (κ2) is 5.62. The second-order valence-electron chi connectivity index (χ2n) is 6.00. The van der Waals surface area contributed by atoms with E-state index in [2.05, 4.69) is 0 Å². The number of sulfone groups is 1. The summed E-state index contributed by atoms with van der Waals surface area (Å²) in [4.78, 5) is 1.79. The first-order valence-electron chi connectivity index (χ1n) is 6.70. The summed E-state index contributed by atoms with van der Waals surface area (Å²) in [5.74, 6) is -1.49. The Morgan fingerprint density at radius 1 is 1.38 bits per heavy atom. The average Bonchev–Trinajstić information content (AvgIpc) is 2.33. The smallest absolute Gasteiger partial charge is 0.157 e. The maximum absolute atomic E-state index is 13.6. The third-order valence-electron chi connectivity index (χ3n) is 3.88. The monoisotopic (exact) mass is 319 g/mol. The van der Waals surface area contributed by atoms with Crippen LogP contribution >= 0.6 is 0 Å². The van der Waals surface area contributed by atoms with Crippen LogP contribution in [0.2, 0.25) is 0 Å². The molecule has 1 aliphatic rings. The van der Waals surface area contributed by atoms with Crippen LogP contribution in [-0.2, 0) is 9.84 Å². The number of rotatable bonds is 3. The molecule has 1 unspecified atom stereocenters. The van der Waals surface area contributed by atoms with E-state index in [9.17, 15) is 22.3 Å². The SMILES string of the molecule is CC1(C)CN(CC(O)c2ccc(F)cc2F)CCS1(=O)=O. The highest BCUT2D eigenvalue weighted by Crippen LogP contribution is 2.26. The van der Waals surface area contributed by atoms with Crippen molar-refractivity contribution in [3.8, 4) is 0 Å². The molecule has 0 radical (unpaired) electrons. The third-order valence-corrected chi connectivity index (χ3v) is 6.41. The van der Waals surface area contributed by atoms with Gasteiger partial charge in [0.25, 0.3) is 0 Å². The number of hydrogen-bond acceptors (Lipinski definition) is 4. The number of hydrogen-bond donors (Lipinski definition) is 1. The molecule has 0 amide bonds. The van der Waals surface area contributed by atoms with E-state index in [4.69, 9.17) is 0 Å². The molecular weight excluding hydrogens is 300 g/mol. The molecule has 1 saturated heterocycles. The Morgan fingerprint density at radius 3 is 2.62 bits per heavy atom. The van der Waals surface area contributed by atoms with Gasteiger partial charge < -0.3 is 5.11 Å². The lowest BCUT2D eigenvalue weighted by molar-refractivity contribution is 0.105. The van der Waals surface area contributed by atoms with E-state index in [1.165, 1.54) is 6.07 Å². The van der Waals surface area contributed by atoms with Gasteiger partial charge in [-0.25, -0.2) is 17.2 Å². The number of aliphatic hydroxyl groups excluding tert-OH is 1. The Balaban J connectivity index is 2.09. The highest BCUT2D eigenvalue weighted by molar-refractivity contribution is 7.92. The summed E-state index contributed by atoms with van der Waals surface area (Å²) in [6, 6.07) is 3.02. The molecule has 21 heavy (non-hydrogen) atoms. The Hall–Kier alpha value is -1.05. The summed E-state index contributed by atoms with van der Waals surface area (Å²) in [6.45, 7) is 3.96. The molecule has 1 aromatic carbocycles. The van der Waals surface area contributed by atoms with Gasteiger partial charge >= 0.3 is 0 Å². The minimum Gasteiger partial charge on any atom is -0.387 e. The predicted octanol–water partition coefficient (Wildman–Crippen LogP) is 1.51. The van der Waals surface area contributed by atoms with Gasteiger partial charge in [-0.05, 0) is 19.9 Å². The topological polar surface area (TPSA) is 57.6 Å². The molecule has 1 N–H and O–H groups in total. The van der Waals surface area contributed by atoms with Crippen molar-refractivity contribution in [2.45, 2.75) is 24.7 Å². The summed E-state index contributed by atoms with van der Waals surface area (Å²) < 4.78 is 49.4. The van der Waals surface area contributed by atoms with Gasteiger partial charge in [0.05, 0.1) is 16.6 Å². The third kappa shape index (κ3) is 3.41. The van der Waals surface area contributed by atoms with E-state index in [-0.39, 0.29) is 24.4 Å². The van der Waals surface area contributed by atoms with Crippen molar-refractivity contribution in [2.75, 3.05) is 25.4 Å². The summed E-state index contributed by atoms with van der Waals surface area (Å²) in [5, 5.41) is 10.1. The van der Waals surface area contributed by atoms with Gasteiger partial charge in [0, 0.05) is 31.3 Å². The normalized spacial score (nSPS) is 22.9. The Labute approximate surface area is 123 Å². The fourth-order valence-electron chi connectivity index (χ4n) is 2.51. The number of β-amino-alcohol motifs (C(OH)–C–C–N with tert-alkyl or cyclic N) is 1. The maximum atomic E-state index is 13.6. The average molecular weight is 319 g/mol. The van der Waals surface area contributed by atoms with Gasteiger partial charge in [-0.15, -0.1) is 0 Å². The van der Waals surface area contributed by atoms with Gasteiger partial charge in [-0.1, -0.05) is 6.07 Å². The molecule has 4 nitrogen and oxygen atoms in total. The molecular formula is C14H19F2NO3S. The molecule has 0 aromatic heterocycles. The van der Waals surface area contributed by atoms with Crippen LogP contribution in [0.4, 0.5) is 8.78 Å². The van der Waals surface area contributed by atoms with Gasteiger partial charge in [-0.3, -0.25) is 4.90 Å². The molecule has 2 rings (SSSR count). The summed E-state index contributed by atoms with van der Waals surface area (Å²) in [7, 11) is -3.16. The predicted molar refractivity (Wildman–Crippen MR) is 75.6 cm³/mol. The molecule has 1 fully saturated rings. The Morgan fingerprint density at radius 2 is 2.05 bits per heavy atom. The van der Waals surface area contributed by atoms with Crippen molar-refractivity contribution in [3.63, 3.8) is 0 Å². The van der Waals surface area contributed by atoms with Crippen molar-refractivity contribution in [1.82, 2.24) is 4.90 Å². The van der Waals surface area contributed by atoms with Gasteiger partial charge in [0.1, 0.15) is 11.6 Å². The Kier molecular flexibility index (Phi) is 4.37. The quantitative estimate of drug-likeness (QED) is 0.917. The summed E-state index contributed by atoms with van der Waals surface area (Å²) in [5.41, 5.74) is 0.0163. The standard InChI is InChI=1S/C14H19F2NO3S/c1-14(2)9-17(5-6-21(14,19)20)8-13(18)11-4-3-10(15)7-12(11)16/h3-4,7,13,18H,5-6,8-9H2,1-2H3. The number of halogens is 2. The first kappa shape index (κ1) is 16.3. The lowest BCUT2D eigenvalue weighted by Crippen LogP contribution is -2.53. The van der Waals surface area contributed by atoms with Crippen LogP contribution in [0.3, 0.4) is 0 Å². The Bertz CT molecular complexity index is 631. The van der Waals surface area contributed by atoms with Gasteiger partial charge in [0.2, 0.25) is 0 Å². The van der Waals surface area contributed by atoms with Gasteiger partial charge in [-0.2, -0.15) is 0 Å². The van der Waals surface area contributed by atoms with Crippen molar-refractivity contribution in [3.05, 3.63) is 35.4 Å². The van der Waals surface area contributed by atoms with E-state index in [1.54, 1.807) is 18.7 Å². The molecule has 1 heterocycles. The highest BCUT2D eigenvalue weighted by Gasteiger charge is 2.40. The van der Waals surface area contributed by atoms with Crippen LogP contribution in [0, 0.1) is 11.6 Å². The van der Waals surface area contributed by atoms with Crippen LogP contribution in [0.1, 0.15) is 25.5 Å². The zero-order chi connectivity index (χ0) is 15.8. The molecule has 1 aromatic rings. The van der Waals surface area contributed by atoms with E-state index in [1.807, 2.05) is 0 Å². The molecule has 0 aliphatic carbocycles. The van der Waals surface area contributed by atoms with Gasteiger partial charge in [0.15, 0.2) is 9.84 Å². The minimum absolute atomic E-state index is 0.0125. The molecule has 0 bridgehead atoms. The molecule has 1 atom stereocenters. The van der Waals surface area contributed by atoms with Crippen LogP contribution in [0.15, 0.2) is 18.2 Å². The summed E-state index contributed by atoms with van der Waals surface area (Å²) in [6.07, 6.45) is -1.12. The molecule has 118 valence electrons. The zero-order valence-corrected chi connectivity index (χ0v) is 12.8. The highest BCUT2D eigenvalue weighted by atomic mass is 32.2. The zero-order valence-electron chi connectivity index (χ0n) is 12.0. The largest absolute Gasteiger partial charge is 0.387 e. The van der Waals surface area contributed by atoms with E-state index < -0.39 is 32.3 Å². The van der Waals surface area contributed by atoms with Crippen molar-refractivity contribution < 1.29 is 22.3 Å². The van der Waals surface area contributed by atoms with Crippen LogP contribution in [0.25, 0.3) is 0 Å². The first-order chi connectivity index (χ1) is 9.62. The second-order valence-corrected chi connectivity index (χ2v) is 8.74. The van der Waals surface area contributed by atoms with Crippen LogP contribution in [-0.4, -0.2) is 48.6 Å². The van der Waals surface area contributed by atoms with Crippen molar-refractivity contribution in [1.29, 1.82) is 0 Å². The van der Waals surface area contributed by atoms with Crippen molar-refractivity contribution in [2.24, 2.45) is 0 Å². The van der Waals surface area contributed by atoms with Crippen LogP contribution < -0.4 is 0 Å². The lowest BCUT2D eigenvalue weighted by Gasteiger charge is -2.38.